The summed E-state index contributed by atoms with van der Waals surface area (Å²) >= 11 is 12.0. The van der Waals surface area contributed by atoms with Gasteiger partial charge in [0, 0.05) is 12.2 Å². The summed E-state index contributed by atoms with van der Waals surface area (Å²) in [6.45, 7) is 2.50. The average Bonchev–Trinajstić information content (AvgIpc) is 2.88. The maximum Gasteiger partial charge on any atom is 0.387 e. The molecule has 0 saturated carbocycles. The Morgan fingerprint density at radius 3 is 2.55 bits per heavy atom. The molecular formula is C18H19Cl2F2N3O4. The van der Waals surface area contributed by atoms with E-state index in [1.165, 1.54) is 22.9 Å². The monoisotopic (exact) mass is 449 g/mol. The predicted octanol–water partition coefficient (Wildman–Crippen LogP) is 4.55. The van der Waals surface area contributed by atoms with Gasteiger partial charge in [-0.15, -0.1) is 0 Å². The van der Waals surface area contributed by atoms with Crippen LogP contribution in [0.4, 0.5) is 14.5 Å². The van der Waals surface area contributed by atoms with Crippen molar-refractivity contribution < 1.29 is 27.8 Å². The number of nitrogens with one attached hydrogen (secondary N) is 1. The standard InChI is InChI=1S/C18H19Cl2F2N3O4/c1-9(2)7-25-16(20)15(10(3)24-25)17(27)28-8-14(26)23-11-4-5-13(12(19)6-11)29-18(21)22/h4-6,9,18H,7-8H2,1-3H3,(H,23,26). The van der Waals surface area contributed by atoms with Crippen molar-refractivity contribution in [2.75, 3.05) is 11.9 Å². The molecule has 2 aromatic rings. The number of hydrogen-bond donors (Lipinski definition) is 1. The van der Waals surface area contributed by atoms with Gasteiger partial charge in [-0.3, -0.25) is 9.48 Å². The van der Waals surface area contributed by atoms with Crippen LogP contribution in [0, 0.1) is 12.8 Å². The summed E-state index contributed by atoms with van der Waals surface area (Å²) in [6, 6.07) is 3.73. The van der Waals surface area contributed by atoms with Crippen molar-refractivity contribution in [3.05, 3.63) is 39.6 Å². The lowest BCUT2D eigenvalue weighted by Crippen LogP contribution is -2.21. The van der Waals surface area contributed by atoms with Crippen LogP contribution in [0.2, 0.25) is 10.2 Å². The summed E-state index contributed by atoms with van der Waals surface area (Å²) in [7, 11) is 0. The van der Waals surface area contributed by atoms with Gasteiger partial charge in [-0.2, -0.15) is 13.9 Å². The average molecular weight is 450 g/mol. The lowest BCUT2D eigenvalue weighted by molar-refractivity contribution is -0.119. The van der Waals surface area contributed by atoms with Gasteiger partial charge in [0.1, 0.15) is 16.5 Å². The Morgan fingerprint density at radius 2 is 1.97 bits per heavy atom. The molecule has 0 aliphatic heterocycles. The number of alkyl halides is 2. The fraction of sp³-hybridized carbons (Fsp3) is 0.389. The van der Waals surface area contributed by atoms with E-state index in [1.807, 2.05) is 13.8 Å². The number of halogens is 4. The maximum atomic E-state index is 12.3. The molecule has 0 bridgehead atoms. The second kappa shape index (κ2) is 9.89. The zero-order valence-corrected chi connectivity index (χ0v) is 17.4. The fourth-order valence-corrected chi connectivity index (χ4v) is 2.97. The number of aromatic nitrogens is 2. The van der Waals surface area contributed by atoms with Crippen LogP contribution >= 0.6 is 23.2 Å². The first-order valence-corrected chi connectivity index (χ1v) is 9.28. The molecule has 0 aliphatic rings. The summed E-state index contributed by atoms with van der Waals surface area (Å²) in [6.07, 6.45) is 0. The zero-order chi connectivity index (χ0) is 21.7. The van der Waals surface area contributed by atoms with Gasteiger partial charge in [-0.05, 0) is 31.0 Å². The summed E-state index contributed by atoms with van der Waals surface area (Å²) in [5.74, 6) is -1.39. The van der Waals surface area contributed by atoms with Crippen molar-refractivity contribution in [2.24, 2.45) is 5.92 Å². The van der Waals surface area contributed by atoms with E-state index in [0.717, 1.165) is 0 Å². The maximum absolute atomic E-state index is 12.3. The SMILES string of the molecule is Cc1nn(CC(C)C)c(Cl)c1C(=O)OCC(=O)Nc1ccc(OC(F)F)c(Cl)c1. The number of rotatable bonds is 8. The number of amides is 1. The van der Waals surface area contributed by atoms with Crippen molar-refractivity contribution in [2.45, 2.75) is 33.9 Å². The zero-order valence-electron chi connectivity index (χ0n) is 15.8. The van der Waals surface area contributed by atoms with Crippen LogP contribution in [0.25, 0.3) is 0 Å². The second-order valence-electron chi connectivity index (χ2n) is 6.48. The normalized spacial score (nSPS) is 11.1. The van der Waals surface area contributed by atoms with E-state index in [4.69, 9.17) is 27.9 Å². The van der Waals surface area contributed by atoms with Crippen LogP contribution in [0.3, 0.4) is 0 Å². The topological polar surface area (TPSA) is 82.5 Å². The third kappa shape index (κ3) is 6.30. The van der Waals surface area contributed by atoms with Gasteiger partial charge in [0.15, 0.2) is 6.61 Å². The third-order valence-electron chi connectivity index (χ3n) is 3.57. The molecule has 2 rings (SSSR count). The number of esters is 1. The van der Waals surface area contributed by atoms with E-state index in [9.17, 15) is 18.4 Å². The molecule has 1 amide bonds. The molecule has 7 nitrogen and oxygen atoms in total. The summed E-state index contributed by atoms with van der Waals surface area (Å²) in [4.78, 5) is 24.3. The molecule has 1 aromatic heterocycles. The third-order valence-corrected chi connectivity index (χ3v) is 4.25. The minimum Gasteiger partial charge on any atom is -0.452 e. The second-order valence-corrected chi connectivity index (χ2v) is 7.24. The number of nitrogens with zero attached hydrogens (tertiary/aromatic N) is 2. The van der Waals surface area contributed by atoms with Crippen LogP contribution in [-0.2, 0) is 16.1 Å². The lowest BCUT2D eigenvalue weighted by Gasteiger charge is -2.10. The first-order chi connectivity index (χ1) is 13.6. The van der Waals surface area contributed by atoms with Gasteiger partial charge in [-0.1, -0.05) is 37.0 Å². The van der Waals surface area contributed by atoms with Gasteiger partial charge in [0.25, 0.3) is 5.91 Å². The van der Waals surface area contributed by atoms with Crippen LogP contribution in [-0.4, -0.2) is 34.9 Å². The van der Waals surface area contributed by atoms with Crippen molar-refractivity contribution in [1.29, 1.82) is 0 Å². The van der Waals surface area contributed by atoms with Crippen molar-refractivity contribution in [1.82, 2.24) is 9.78 Å². The molecule has 0 unspecified atom stereocenters. The van der Waals surface area contributed by atoms with E-state index in [0.29, 0.717) is 12.2 Å². The van der Waals surface area contributed by atoms with Crippen molar-refractivity contribution in [3.63, 3.8) is 0 Å². The molecule has 1 heterocycles. The van der Waals surface area contributed by atoms with Crippen LogP contribution in [0.5, 0.6) is 5.75 Å². The number of ether oxygens (including phenoxy) is 2. The van der Waals surface area contributed by atoms with Gasteiger partial charge >= 0.3 is 12.6 Å². The predicted molar refractivity (Wildman–Crippen MR) is 104 cm³/mol. The van der Waals surface area contributed by atoms with E-state index in [1.54, 1.807) is 6.92 Å². The Hall–Kier alpha value is -2.39. The summed E-state index contributed by atoms with van der Waals surface area (Å²) in [5.41, 5.74) is 0.704. The minimum atomic E-state index is -3.02. The molecule has 0 saturated heterocycles. The Kier molecular flexibility index (Phi) is 7.80. The quantitative estimate of drug-likeness (QED) is 0.597. The van der Waals surface area contributed by atoms with Gasteiger partial charge in [-0.25, -0.2) is 4.79 Å². The summed E-state index contributed by atoms with van der Waals surface area (Å²) < 4.78 is 35.2. The molecule has 158 valence electrons. The molecule has 0 radical (unpaired) electrons. The number of carbonyl (C=O) groups is 2. The number of hydrogen-bond acceptors (Lipinski definition) is 5. The molecule has 29 heavy (non-hydrogen) atoms. The Labute approximate surface area is 175 Å². The number of carbonyl (C=O) groups excluding carboxylic acids is 2. The van der Waals surface area contributed by atoms with Crippen molar-refractivity contribution >= 4 is 40.8 Å². The molecule has 11 heteroatoms. The first-order valence-electron chi connectivity index (χ1n) is 8.52. The van der Waals surface area contributed by atoms with Gasteiger partial charge in [0.2, 0.25) is 0 Å². The molecule has 1 aromatic carbocycles. The highest BCUT2D eigenvalue weighted by Gasteiger charge is 2.23. The lowest BCUT2D eigenvalue weighted by atomic mass is 10.2. The van der Waals surface area contributed by atoms with Crippen LogP contribution in [0.1, 0.15) is 29.9 Å². The molecule has 0 spiro atoms. The highest BCUT2D eigenvalue weighted by molar-refractivity contribution is 6.33. The molecule has 0 fully saturated rings. The first kappa shape index (κ1) is 22.9. The molecule has 0 aliphatic carbocycles. The number of benzene rings is 1. The van der Waals surface area contributed by atoms with Crippen molar-refractivity contribution in [3.8, 4) is 5.75 Å². The van der Waals surface area contributed by atoms with E-state index in [-0.39, 0.29) is 33.1 Å². The number of aryl methyl sites for hydroxylation is 1. The number of anilines is 1. The van der Waals surface area contributed by atoms with Gasteiger partial charge < -0.3 is 14.8 Å². The van der Waals surface area contributed by atoms with Gasteiger partial charge in [0.05, 0.1) is 10.7 Å². The highest BCUT2D eigenvalue weighted by Crippen LogP contribution is 2.29. The summed E-state index contributed by atoms with van der Waals surface area (Å²) in [5, 5.41) is 6.67. The van der Waals surface area contributed by atoms with E-state index >= 15 is 0 Å². The fourth-order valence-electron chi connectivity index (χ4n) is 2.42. The van der Waals surface area contributed by atoms with E-state index in [2.05, 4.69) is 15.2 Å². The van der Waals surface area contributed by atoms with E-state index < -0.39 is 25.1 Å². The highest BCUT2D eigenvalue weighted by atomic mass is 35.5. The molecule has 1 N–H and O–H groups in total. The molecular weight excluding hydrogens is 431 g/mol. The Balaban J connectivity index is 1.97. The Bertz CT molecular complexity index is 903. The smallest absolute Gasteiger partial charge is 0.387 e. The van der Waals surface area contributed by atoms with Crippen LogP contribution in [0.15, 0.2) is 18.2 Å². The largest absolute Gasteiger partial charge is 0.452 e. The Morgan fingerprint density at radius 1 is 1.28 bits per heavy atom. The minimum absolute atomic E-state index is 0.0941. The van der Waals surface area contributed by atoms with Crippen LogP contribution < -0.4 is 10.1 Å². The molecule has 0 atom stereocenters.